The van der Waals surface area contributed by atoms with Gasteiger partial charge in [-0.3, -0.25) is 13.9 Å². The molecule has 41 heavy (non-hydrogen) atoms. The predicted octanol–water partition coefficient (Wildman–Crippen LogP) is 5.60. The van der Waals surface area contributed by atoms with Crippen molar-refractivity contribution in [2.24, 2.45) is 0 Å². The highest BCUT2D eigenvalue weighted by Gasteiger charge is 2.33. The van der Waals surface area contributed by atoms with Gasteiger partial charge in [0.25, 0.3) is 10.0 Å². The summed E-state index contributed by atoms with van der Waals surface area (Å²) in [5.41, 5.74) is 0.919. The van der Waals surface area contributed by atoms with Crippen LogP contribution in [0.15, 0.2) is 82.6 Å². The molecular formula is C30H36ClN3O5S2. The van der Waals surface area contributed by atoms with Crippen molar-refractivity contribution in [3.63, 3.8) is 0 Å². The molecule has 2 amide bonds. The van der Waals surface area contributed by atoms with Gasteiger partial charge in [-0.1, -0.05) is 29.8 Å². The van der Waals surface area contributed by atoms with E-state index in [2.05, 4.69) is 5.32 Å². The zero-order valence-corrected chi connectivity index (χ0v) is 26.2. The van der Waals surface area contributed by atoms with E-state index in [0.717, 1.165) is 9.20 Å². The maximum atomic E-state index is 14.0. The first-order valence-electron chi connectivity index (χ1n) is 13.2. The number of carbonyl (C=O) groups excluding carboxylic acids is 2. The monoisotopic (exact) mass is 617 g/mol. The maximum Gasteiger partial charge on any atom is 0.264 e. The second kappa shape index (κ2) is 14.6. The Morgan fingerprint density at radius 1 is 0.976 bits per heavy atom. The largest absolute Gasteiger partial charge is 0.494 e. The Kier molecular flexibility index (Phi) is 11.5. The number of hydrogen-bond acceptors (Lipinski definition) is 6. The summed E-state index contributed by atoms with van der Waals surface area (Å²) in [5.74, 6) is -0.346. The molecule has 0 unspecified atom stereocenters. The van der Waals surface area contributed by atoms with Crippen molar-refractivity contribution in [1.29, 1.82) is 0 Å². The second-order valence-electron chi connectivity index (χ2n) is 9.57. The molecule has 0 aliphatic heterocycles. The van der Waals surface area contributed by atoms with Gasteiger partial charge in [-0.05, 0) is 94.1 Å². The summed E-state index contributed by atoms with van der Waals surface area (Å²) in [6.45, 7) is 7.06. The fourth-order valence-electron chi connectivity index (χ4n) is 4.08. The quantitative estimate of drug-likeness (QED) is 0.251. The predicted molar refractivity (Wildman–Crippen MR) is 165 cm³/mol. The van der Waals surface area contributed by atoms with Crippen molar-refractivity contribution in [2.45, 2.75) is 56.1 Å². The Morgan fingerprint density at radius 2 is 1.61 bits per heavy atom. The number of halogens is 1. The first-order valence-corrected chi connectivity index (χ1v) is 16.2. The SMILES string of the molecule is CCOc1ccc(N(CC(=O)N(Cc2ccccc2Cl)[C@@H](C)C(=O)NC(C)C)S(=O)(=O)c2ccc(SC)cc2)cc1. The number of amides is 2. The summed E-state index contributed by atoms with van der Waals surface area (Å²) in [6, 6.07) is 19.0. The van der Waals surface area contributed by atoms with Crippen LogP contribution in [-0.2, 0) is 26.2 Å². The average molecular weight is 618 g/mol. The van der Waals surface area contributed by atoms with Gasteiger partial charge >= 0.3 is 0 Å². The number of thioether (sulfide) groups is 1. The summed E-state index contributed by atoms with van der Waals surface area (Å²) in [5, 5.41) is 3.27. The Hall–Kier alpha value is -3.21. The lowest BCUT2D eigenvalue weighted by molar-refractivity contribution is -0.139. The fourth-order valence-corrected chi connectivity index (χ4v) is 6.09. The van der Waals surface area contributed by atoms with Crippen LogP contribution in [0.1, 0.15) is 33.3 Å². The second-order valence-corrected chi connectivity index (χ2v) is 12.7. The van der Waals surface area contributed by atoms with E-state index in [0.29, 0.717) is 22.9 Å². The van der Waals surface area contributed by atoms with Crippen LogP contribution in [-0.4, -0.2) is 56.6 Å². The van der Waals surface area contributed by atoms with Crippen LogP contribution in [0.4, 0.5) is 5.69 Å². The number of nitrogens with zero attached hydrogens (tertiary/aromatic N) is 2. The molecule has 0 fully saturated rings. The summed E-state index contributed by atoms with van der Waals surface area (Å²) in [6.07, 6.45) is 1.90. The zero-order chi connectivity index (χ0) is 30.2. The van der Waals surface area contributed by atoms with Crippen LogP contribution < -0.4 is 14.4 Å². The van der Waals surface area contributed by atoms with E-state index in [1.807, 2.05) is 27.0 Å². The number of nitrogens with one attached hydrogen (secondary N) is 1. The number of rotatable bonds is 13. The van der Waals surface area contributed by atoms with E-state index < -0.39 is 28.5 Å². The lowest BCUT2D eigenvalue weighted by atomic mass is 10.1. The van der Waals surface area contributed by atoms with E-state index in [1.54, 1.807) is 67.6 Å². The topological polar surface area (TPSA) is 96.0 Å². The average Bonchev–Trinajstić information content (AvgIpc) is 2.95. The van der Waals surface area contributed by atoms with Crippen LogP contribution >= 0.6 is 23.4 Å². The lowest BCUT2D eigenvalue weighted by Gasteiger charge is -2.32. The molecule has 3 aromatic rings. The maximum absolute atomic E-state index is 14.0. The van der Waals surface area contributed by atoms with Gasteiger partial charge in [0.15, 0.2) is 0 Å². The van der Waals surface area contributed by atoms with Crippen LogP contribution in [0.25, 0.3) is 0 Å². The van der Waals surface area contributed by atoms with Gasteiger partial charge in [-0.15, -0.1) is 11.8 Å². The smallest absolute Gasteiger partial charge is 0.264 e. The molecule has 0 saturated carbocycles. The molecule has 11 heteroatoms. The van der Waals surface area contributed by atoms with Gasteiger partial charge in [-0.25, -0.2) is 8.42 Å². The minimum atomic E-state index is -4.17. The van der Waals surface area contributed by atoms with Crippen LogP contribution in [0, 0.1) is 0 Å². The molecule has 1 N–H and O–H groups in total. The minimum absolute atomic E-state index is 0.0186. The molecule has 8 nitrogen and oxygen atoms in total. The molecule has 3 rings (SSSR count). The highest BCUT2D eigenvalue weighted by molar-refractivity contribution is 7.98. The Morgan fingerprint density at radius 3 is 2.17 bits per heavy atom. The summed E-state index contributed by atoms with van der Waals surface area (Å²) >= 11 is 7.90. The van der Waals surface area contributed by atoms with Crippen LogP contribution in [0.2, 0.25) is 5.02 Å². The molecular weight excluding hydrogens is 582 g/mol. The first kappa shape index (κ1) is 32.3. The van der Waals surface area contributed by atoms with E-state index >= 15 is 0 Å². The summed E-state index contributed by atoms with van der Waals surface area (Å²) in [4.78, 5) is 29.3. The minimum Gasteiger partial charge on any atom is -0.494 e. The number of sulfonamides is 1. The number of carbonyl (C=O) groups is 2. The zero-order valence-electron chi connectivity index (χ0n) is 23.8. The highest BCUT2D eigenvalue weighted by Crippen LogP contribution is 2.28. The highest BCUT2D eigenvalue weighted by atomic mass is 35.5. The molecule has 0 bridgehead atoms. The first-order chi connectivity index (χ1) is 19.5. The van der Waals surface area contributed by atoms with Crippen molar-refractivity contribution in [1.82, 2.24) is 10.2 Å². The molecule has 0 aliphatic rings. The van der Waals surface area contributed by atoms with Crippen LogP contribution in [0.5, 0.6) is 5.75 Å². The number of benzene rings is 3. The molecule has 0 aliphatic carbocycles. The number of anilines is 1. The van der Waals surface area contributed by atoms with Gasteiger partial charge < -0.3 is 15.0 Å². The third kappa shape index (κ3) is 8.40. The molecule has 0 aromatic heterocycles. The Balaban J connectivity index is 2.05. The van der Waals surface area contributed by atoms with Gasteiger partial charge in [0.2, 0.25) is 11.8 Å². The Labute approximate surface area is 252 Å². The van der Waals surface area contributed by atoms with Gasteiger partial charge in [0.05, 0.1) is 17.2 Å². The van der Waals surface area contributed by atoms with E-state index in [9.17, 15) is 18.0 Å². The van der Waals surface area contributed by atoms with Gasteiger partial charge in [0.1, 0.15) is 18.3 Å². The number of hydrogen-bond donors (Lipinski definition) is 1. The summed E-state index contributed by atoms with van der Waals surface area (Å²) in [7, 11) is -4.17. The Bertz CT molecular complexity index is 1430. The fraction of sp³-hybridized carbons (Fsp3) is 0.333. The van der Waals surface area contributed by atoms with Crippen molar-refractivity contribution >= 4 is 50.9 Å². The van der Waals surface area contributed by atoms with Crippen LogP contribution in [0.3, 0.4) is 0 Å². The third-order valence-corrected chi connectivity index (χ3v) is 9.16. The molecule has 0 saturated heterocycles. The van der Waals surface area contributed by atoms with Crippen molar-refractivity contribution in [2.75, 3.05) is 23.7 Å². The van der Waals surface area contributed by atoms with Crippen molar-refractivity contribution in [3.05, 3.63) is 83.4 Å². The lowest BCUT2D eigenvalue weighted by Crippen LogP contribution is -2.52. The molecule has 0 heterocycles. The third-order valence-electron chi connectivity index (χ3n) is 6.26. The van der Waals surface area contributed by atoms with Crippen molar-refractivity contribution < 1.29 is 22.7 Å². The molecule has 220 valence electrons. The standard InChI is InChI=1S/C30H36ClN3O5S2/c1-6-39-25-13-11-24(12-14-25)34(41(37,38)27-17-15-26(40-5)16-18-27)20-29(35)33(22(4)30(36)32-21(2)3)19-23-9-7-8-10-28(23)31/h7-18,21-22H,6,19-20H2,1-5H3,(H,32,36)/t22-/m0/s1. The van der Waals surface area contributed by atoms with E-state index in [4.69, 9.17) is 16.3 Å². The van der Waals surface area contributed by atoms with E-state index in [-0.39, 0.29) is 29.1 Å². The van der Waals surface area contributed by atoms with Gasteiger partial charge in [0, 0.05) is 22.5 Å². The molecule has 1 atom stereocenters. The normalized spacial score (nSPS) is 12.1. The van der Waals surface area contributed by atoms with Crippen molar-refractivity contribution in [3.8, 4) is 5.75 Å². The van der Waals surface area contributed by atoms with Gasteiger partial charge in [-0.2, -0.15) is 0 Å². The molecule has 0 spiro atoms. The summed E-state index contributed by atoms with van der Waals surface area (Å²) < 4.78 is 34.5. The molecule has 0 radical (unpaired) electrons. The number of ether oxygens (including phenoxy) is 1. The molecule has 3 aromatic carbocycles. The van der Waals surface area contributed by atoms with E-state index in [1.165, 1.54) is 28.8 Å².